The molecule has 0 radical (unpaired) electrons. The van der Waals surface area contributed by atoms with Crippen LogP contribution < -0.4 is 5.32 Å². The van der Waals surface area contributed by atoms with Gasteiger partial charge in [0.1, 0.15) is 11.6 Å². The smallest absolute Gasteiger partial charge is 0.338 e. The van der Waals surface area contributed by atoms with Crippen molar-refractivity contribution in [3.8, 4) is 0 Å². The van der Waals surface area contributed by atoms with E-state index in [4.69, 9.17) is 5.11 Å². The first-order valence-electron chi connectivity index (χ1n) is 5.28. The average molecular weight is 427 g/mol. The largest absolute Gasteiger partial charge is 0.478 e. The SMILES string of the molecule is O=C(O)c1cc(NCc2cc(Br)c(Br)s2)c(F)cc1F. The third-order valence-electron chi connectivity index (χ3n) is 2.44. The highest BCUT2D eigenvalue weighted by Crippen LogP contribution is 2.33. The first-order valence-corrected chi connectivity index (χ1v) is 7.68. The third kappa shape index (κ3) is 3.36. The maximum absolute atomic E-state index is 13.6. The Morgan fingerprint density at radius 1 is 1.25 bits per heavy atom. The van der Waals surface area contributed by atoms with E-state index in [1.807, 2.05) is 6.07 Å². The van der Waals surface area contributed by atoms with Gasteiger partial charge in [-0.2, -0.15) is 0 Å². The van der Waals surface area contributed by atoms with Crippen LogP contribution in [0.2, 0.25) is 0 Å². The summed E-state index contributed by atoms with van der Waals surface area (Å²) in [4.78, 5) is 11.7. The summed E-state index contributed by atoms with van der Waals surface area (Å²) in [7, 11) is 0. The van der Waals surface area contributed by atoms with E-state index < -0.39 is 23.2 Å². The van der Waals surface area contributed by atoms with Crippen LogP contribution in [0.3, 0.4) is 0 Å². The molecule has 106 valence electrons. The molecular weight excluding hydrogens is 420 g/mol. The fourth-order valence-electron chi connectivity index (χ4n) is 1.51. The number of carbonyl (C=O) groups is 1. The van der Waals surface area contributed by atoms with Crippen LogP contribution in [-0.2, 0) is 6.54 Å². The number of hydrogen-bond donors (Lipinski definition) is 2. The number of carboxylic acids is 1. The summed E-state index contributed by atoms with van der Waals surface area (Å²) in [5, 5.41) is 11.6. The quantitative estimate of drug-likeness (QED) is 0.733. The molecule has 20 heavy (non-hydrogen) atoms. The first kappa shape index (κ1) is 15.4. The average Bonchev–Trinajstić information content (AvgIpc) is 2.67. The van der Waals surface area contributed by atoms with Crippen LogP contribution >= 0.6 is 43.2 Å². The molecule has 0 atom stereocenters. The molecule has 1 heterocycles. The summed E-state index contributed by atoms with van der Waals surface area (Å²) in [5.74, 6) is -3.36. The highest BCUT2D eigenvalue weighted by atomic mass is 79.9. The van der Waals surface area contributed by atoms with E-state index in [2.05, 4.69) is 37.2 Å². The number of halogens is 4. The zero-order valence-corrected chi connectivity index (χ0v) is 13.7. The lowest BCUT2D eigenvalue weighted by Gasteiger charge is -2.08. The summed E-state index contributed by atoms with van der Waals surface area (Å²) in [6.45, 7) is 0.302. The minimum Gasteiger partial charge on any atom is -0.478 e. The molecule has 0 fully saturated rings. The zero-order chi connectivity index (χ0) is 14.9. The lowest BCUT2D eigenvalue weighted by molar-refractivity contribution is 0.0692. The van der Waals surface area contributed by atoms with Gasteiger partial charge in [0.2, 0.25) is 0 Å². The van der Waals surface area contributed by atoms with Gasteiger partial charge in [0.25, 0.3) is 0 Å². The summed E-state index contributed by atoms with van der Waals surface area (Å²) < 4.78 is 28.6. The van der Waals surface area contributed by atoms with Gasteiger partial charge in [-0.25, -0.2) is 13.6 Å². The molecule has 1 aromatic heterocycles. The van der Waals surface area contributed by atoms with Crippen molar-refractivity contribution < 1.29 is 18.7 Å². The Morgan fingerprint density at radius 2 is 1.95 bits per heavy atom. The van der Waals surface area contributed by atoms with Gasteiger partial charge in [-0.3, -0.25) is 0 Å². The standard InChI is InChI=1S/C12H7Br2F2NO2S/c13-7-1-5(20-11(7)14)4-17-10-2-6(12(18)19)8(15)3-9(10)16/h1-3,17H,4H2,(H,18,19). The van der Waals surface area contributed by atoms with Crippen molar-refractivity contribution in [1.29, 1.82) is 0 Å². The third-order valence-corrected chi connectivity index (χ3v) is 5.69. The predicted molar refractivity (Wildman–Crippen MR) is 80.4 cm³/mol. The van der Waals surface area contributed by atoms with Gasteiger partial charge >= 0.3 is 5.97 Å². The molecule has 3 nitrogen and oxygen atoms in total. The van der Waals surface area contributed by atoms with Crippen molar-refractivity contribution >= 4 is 54.9 Å². The van der Waals surface area contributed by atoms with Crippen molar-refractivity contribution in [1.82, 2.24) is 0 Å². The highest BCUT2D eigenvalue weighted by molar-refractivity contribution is 9.13. The van der Waals surface area contributed by atoms with Crippen molar-refractivity contribution in [2.45, 2.75) is 6.54 Å². The van der Waals surface area contributed by atoms with Crippen molar-refractivity contribution in [3.05, 3.63) is 48.5 Å². The van der Waals surface area contributed by atoms with Crippen LogP contribution in [0.15, 0.2) is 26.5 Å². The van der Waals surface area contributed by atoms with E-state index in [1.54, 1.807) is 0 Å². The number of rotatable bonds is 4. The fourth-order valence-corrected chi connectivity index (χ4v) is 3.63. The predicted octanol–water partition coefficient (Wildman–Crippen LogP) is 4.86. The summed E-state index contributed by atoms with van der Waals surface area (Å²) >= 11 is 8.12. The second kappa shape index (κ2) is 6.19. The van der Waals surface area contributed by atoms with Crippen LogP contribution in [0.4, 0.5) is 14.5 Å². The molecule has 2 aromatic rings. The van der Waals surface area contributed by atoms with Crippen LogP contribution in [-0.4, -0.2) is 11.1 Å². The molecule has 8 heteroatoms. The molecule has 0 amide bonds. The van der Waals surface area contributed by atoms with Crippen LogP contribution in [0.25, 0.3) is 0 Å². The molecule has 0 saturated carbocycles. The molecule has 0 aliphatic heterocycles. The Hall–Kier alpha value is -0.990. The second-order valence-corrected chi connectivity index (χ2v) is 7.11. The van der Waals surface area contributed by atoms with Gasteiger partial charge in [-0.1, -0.05) is 0 Å². The number of thiophene rings is 1. The number of hydrogen-bond acceptors (Lipinski definition) is 3. The van der Waals surface area contributed by atoms with E-state index in [9.17, 15) is 13.6 Å². The van der Waals surface area contributed by atoms with Crippen LogP contribution in [0, 0.1) is 11.6 Å². The number of benzene rings is 1. The molecule has 0 spiro atoms. The summed E-state index contributed by atoms with van der Waals surface area (Å²) in [6.07, 6.45) is 0. The molecule has 0 bridgehead atoms. The molecular formula is C12H7Br2F2NO2S. The van der Waals surface area contributed by atoms with E-state index in [1.165, 1.54) is 11.3 Å². The van der Waals surface area contributed by atoms with E-state index >= 15 is 0 Å². The molecule has 0 aliphatic rings. The van der Waals surface area contributed by atoms with Gasteiger partial charge < -0.3 is 10.4 Å². The molecule has 0 saturated heterocycles. The van der Waals surface area contributed by atoms with Crippen LogP contribution in [0.1, 0.15) is 15.2 Å². The van der Waals surface area contributed by atoms with Gasteiger partial charge in [-0.15, -0.1) is 11.3 Å². The molecule has 2 N–H and O–H groups in total. The Kier molecular flexibility index (Phi) is 4.77. The topological polar surface area (TPSA) is 49.3 Å². The lowest BCUT2D eigenvalue weighted by atomic mass is 10.2. The number of anilines is 1. The fraction of sp³-hybridized carbons (Fsp3) is 0.0833. The summed E-state index contributed by atoms with van der Waals surface area (Å²) in [5.41, 5.74) is -0.619. The zero-order valence-electron chi connectivity index (χ0n) is 9.71. The maximum atomic E-state index is 13.6. The normalized spacial score (nSPS) is 10.6. The van der Waals surface area contributed by atoms with Gasteiger partial charge in [0.15, 0.2) is 0 Å². The maximum Gasteiger partial charge on any atom is 0.338 e. The number of aromatic carboxylic acids is 1. The highest BCUT2D eigenvalue weighted by Gasteiger charge is 2.15. The Morgan fingerprint density at radius 3 is 2.50 bits per heavy atom. The first-order chi connectivity index (χ1) is 9.38. The second-order valence-electron chi connectivity index (χ2n) is 3.80. The monoisotopic (exact) mass is 425 g/mol. The van der Waals surface area contributed by atoms with Gasteiger partial charge in [-0.05, 0) is 44.0 Å². The van der Waals surface area contributed by atoms with Gasteiger partial charge in [0, 0.05) is 22.0 Å². The van der Waals surface area contributed by atoms with Gasteiger partial charge in [0.05, 0.1) is 15.0 Å². The number of carboxylic acid groups (broad SMARTS) is 1. The van der Waals surface area contributed by atoms with E-state index in [0.717, 1.165) is 19.2 Å². The summed E-state index contributed by atoms with van der Waals surface area (Å²) in [6, 6.07) is 3.36. The van der Waals surface area contributed by atoms with Crippen molar-refractivity contribution in [3.63, 3.8) is 0 Å². The Bertz CT molecular complexity index is 656. The Balaban J connectivity index is 2.21. The van der Waals surface area contributed by atoms with E-state index in [0.29, 0.717) is 12.6 Å². The number of nitrogens with one attached hydrogen (secondary N) is 1. The molecule has 0 unspecified atom stereocenters. The Labute approximate surface area is 133 Å². The van der Waals surface area contributed by atoms with Crippen molar-refractivity contribution in [2.24, 2.45) is 0 Å². The lowest BCUT2D eigenvalue weighted by Crippen LogP contribution is -2.06. The van der Waals surface area contributed by atoms with Crippen LogP contribution in [0.5, 0.6) is 0 Å². The minimum absolute atomic E-state index is 0.0514. The minimum atomic E-state index is -1.44. The molecule has 1 aromatic carbocycles. The van der Waals surface area contributed by atoms with E-state index in [-0.39, 0.29) is 5.69 Å². The molecule has 2 rings (SSSR count). The van der Waals surface area contributed by atoms with Crippen molar-refractivity contribution in [2.75, 3.05) is 5.32 Å². The molecule has 0 aliphatic carbocycles.